The van der Waals surface area contributed by atoms with E-state index in [1.54, 1.807) is 10.7 Å². The minimum atomic E-state index is -4.93. The fourth-order valence-corrected chi connectivity index (χ4v) is 5.35. The van der Waals surface area contributed by atoms with E-state index >= 15 is 0 Å². The number of anilines is 2. The van der Waals surface area contributed by atoms with Crippen molar-refractivity contribution in [3.05, 3.63) is 52.4 Å². The second-order valence-electron chi connectivity index (χ2n) is 12.4. The SMILES string of the molecule is CC(C)COC(=O)C1CC[C@@](CC#N)(n2nc(Nc3ccc(C(O)(C(C)(C)C)C(F)(F)F)cc3)c3c(=O)[nH]ccc32)CO1. The number of aliphatic hydroxyl groups is 1. The Morgan fingerprint density at radius 1 is 1.28 bits per heavy atom. The number of hydrogen-bond donors (Lipinski definition) is 3. The van der Waals surface area contributed by atoms with Gasteiger partial charge in [-0.2, -0.15) is 23.5 Å². The van der Waals surface area contributed by atoms with Gasteiger partial charge in [-0.05, 0) is 42.5 Å². The van der Waals surface area contributed by atoms with Crippen LogP contribution in [0, 0.1) is 22.7 Å². The molecule has 1 fully saturated rings. The first-order valence-electron chi connectivity index (χ1n) is 14.0. The highest BCUT2D eigenvalue weighted by molar-refractivity contribution is 5.91. The summed E-state index contributed by atoms with van der Waals surface area (Å²) in [4.78, 5) is 28.1. The zero-order valence-corrected chi connectivity index (χ0v) is 24.7. The van der Waals surface area contributed by atoms with Crippen LogP contribution >= 0.6 is 0 Å². The summed E-state index contributed by atoms with van der Waals surface area (Å²) < 4.78 is 54.7. The van der Waals surface area contributed by atoms with Crippen LogP contribution in [0.3, 0.4) is 0 Å². The van der Waals surface area contributed by atoms with Crippen molar-refractivity contribution >= 4 is 28.4 Å². The quantitative estimate of drug-likeness (QED) is 0.297. The van der Waals surface area contributed by atoms with E-state index in [0.29, 0.717) is 17.6 Å². The zero-order chi connectivity index (χ0) is 31.8. The number of hydrogen-bond acceptors (Lipinski definition) is 8. The van der Waals surface area contributed by atoms with Gasteiger partial charge in [-0.25, -0.2) is 4.79 Å². The van der Waals surface area contributed by atoms with Gasteiger partial charge in [-0.1, -0.05) is 46.8 Å². The molecular formula is C30H36F3N5O5. The van der Waals surface area contributed by atoms with Gasteiger partial charge in [0.15, 0.2) is 17.5 Å². The Bertz CT molecular complexity index is 1540. The molecule has 13 heteroatoms. The lowest BCUT2D eigenvalue weighted by molar-refractivity contribution is -0.302. The third kappa shape index (κ3) is 5.99. The first-order chi connectivity index (χ1) is 20.0. The molecule has 3 atom stereocenters. The van der Waals surface area contributed by atoms with Crippen LogP contribution in [0.1, 0.15) is 59.4 Å². The molecule has 0 aliphatic carbocycles. The van der Waals surface area contributed by atoms with Crippen molar-refractivity contribution in [3.63, 3.8) is 0 Å². The Labute approximate surface area is 246 Å². The van der Waals surface area contributed by atoms with Gasteiger partial charge >= 0.3 is 12.1 Å². The summed E-state index contributed by atoms with van der Waals surface area (Å²) in [5.41, 5.74) is -5.74. The van der Waals surface area contributed by atoms with Crippen molar-refractivity contribution in [1.29, 1.82) is 5.26 Å². The standard InChI is InChI=1S/C30H36F3N5O5/c1-18(2)16-42-26(40)22-10-12-28(13-14-34,17-43-22)38-21-11-15-35-25(39)23(21)24(37-38)36-20-8-6-19(7-9-20)29(41,27(3,4)5)30(31,32)33/h6-9,11,15,18,22,41H,10,12-13,16-17H2,1-5H3,(H,35,39)(H,36,37)/t22?,28-,29?/m0/s1. The molecule has 1 aliphatic rings. The summed E-state index contributed by atoms with van der Waals surface area (Å²) >= 11 is 0. The molecule has 232 valence electrons. The molecule has 2 aromatic heterocycles. The van der Waals surface area contributed by atoms with Crippen molar-refractivity contribution in [2.24, 2.45) is 11.3 Å². The van der Waals surface area contributed by atoms with E-state index in [1.807, 2.05) is 13.8 Å². The van der Waals surface area contributed by atoms with E-state index in [1.165, 1.54) is 51.2 Å². The number of pyridine rings is 1. The van der Waals surface area contributed by atoms with Crippen molar-refractivity contribution in [3.8, 4) is 6.07 Å². The van der Waals surface area contributed by atoms with E-state index in [2.05, 4.69) is 21.5 Å². The first-order valence-corrected chi connectivity index (χ1v) is 14.0. The molecule has 2 unspecified atom stereocenters. The number of alkyl halides is 3. The second kappa shape index (κ2) is 11.7. The van der Waals surface area contributed by atoms with Gasteiger partial charge in [0.25, 0.3) is 5.56 Å². The highest BCUT2D eigenvalue weighted by Crippen LogP contribution is 2.50. The molecule has 3 heterocycles. The van der Waals surface area contributed by atoms with Crippen LogP contribution < -0.4 is 10.9 Å². The molecule has 3 aromatic rings. The molecular weight excluding hydrogens is 567 g/mol. The molecule has 0 spiro atoms. The van der Waals surface area contributed by atoms with Crippen molar-refractivity contribution in [2.45, 2.75) is 77.3 Å². The van der Waals surface area contributed by atoms with Crippen molar-refractivity contribution in [1.82, 2.24) is 14.8 Å². The van der Waals surface area contributed by atoms with E-state index in [-0.39, 0.29) is 48.7 Å². The van der Waals surface area contributed by atoms with Crippen molar-refractivity contribution in [2.75, 3.05) is 18.5 Å². The van der Waals surface area contributed by atoms with E-state index in [4.69, 9.17) is 9.47 Å². The van der Waals surface area contributed by atoms with Gasteiger partial charge in [0.1, 0.15) is 5.39 Å². The summed E-state index contributed by atoms with van der Waals surface area (Å²) in [6, 6.07) is 8.87. The summed E-state index contributed by atoms with van der Waals surface area (Å²) in [7, 11) is 0. The molecule has 43 heavy (non-hydrogen) atoms. The summed E-state index contributed by atoms with van der Waals surface area (Å²) in [6.07, 6.45) is -3.70. The van der Waals surface area contributed by atoms with Gasteiger partial charge in [0, 0.05) is 17.3 Å². The highest BCUT2D eigenvalue weighted by Gasteiger charge is 2.61. The second-order valence-corrected chi connectivity index (χ2v) is 12.4. The maximum absolute atomic E-state index is 14.0. The number of carbonyl (C=O) groups is 1. The number of ether oxygens (including phenoxy) is 2. The van der Waals surface area contributed by atoms with E-state index < -0.39 is 40.4 Å². The predicted molar refractivity (Wildman–Crippen MR) is 152 cm³/mol. The molecule has 10 nitrogen and oxygen atoms in total. The third-order valence-electron chi connectivity index (χ3n) is 7.77. The van der Waals surface area contributed by atoms with Crippen LogP contribution in [-0.4, -0.2) is 51.3 Å². The van der Waals surface area contributed by atoms with Crippen LogP contribution in [0.2, 0.25) is 0 Å². The summed E-state index contributed by atoms with van der Waals surface area (Å²) in [5.74, 6) is -0.201. The molecule has 0 radical (unpaired) electrons. The number of nitrogens with one attached hydrogen (secondary N) is 2. The number of halogens is 3. The van der Waals surface area contributed by atoms with Crippen LogP contribution in [-0.2, 0) is 25.4 Å². The Balaban J connectivity index is 1.68. The minimum Gasteiger partial charge on any atom is -0.463 e. The smallest absolute Gasteiger partial charge is 0.421 e. The van der Waals surface area contributed by atoms with Gasteiger partial charge < -0.3 is 24.9 Å². The molecule has 3 N–H and O–H groups in total. The number of nitriles is 1. The molecule has 0 amide bonds. The molecule has 1 saturated heterocycles. The summed E-state index contributed by atoms with van der Waals surface area (Å²) in [6.45, 7) is 7.98. The summed E-state index contributed by atoms with van der Waals surface area (Å²) in [5, 5.41) is 28.3. The van der Waals surface area contributed by atoms with Crippen LogP contribution in [0.25, 0.3) is 10.9 Å². The molecule has 4 rings (SSSR count). The molecule has 0 bridgehead atoms. The maximum Gasteiger partial charge on any atom is 0.421 e. The topological polar surface area (TPSA) is 142 Å². The van der Waals surface area contributed by atoms with Gasteiger partial charge in [-0.15, -0.1) is 0 Å². The maximum atomic E-state index is 14.0. The number of esters is 1. The number of carbonyl (C=O) groups excluding carboxylic acids is 1. The van der Waals surface area contributed by atoms with Gasteiger partial charge in [-0.3, -0.25) is 9.48 Å². The number of benzene rings is 1. The van der Waals surface area contributed by atoms with Gasteiger partial charge in [0.05, 0.1) is 36.8 Å². The average Bonchev–Trinajstić information content (AvgIpc) is 3.31. The molecule has 0 saturated carbocycles. The normalized spacial score (nSPS) is 20.9. The lowest BCUT2D eigenvalue weighted by Crippen LogP contribution is -2.52. The molecule has 1 aliphatic heterocycles. The Morgan fingerprint density at radius 2 is 1.95 bits per heavy atom. The van der Waals surface area contributed by atoms with Crippen LogP contribution in [0.5, 0.6) is 0 Å². The number of fused-ring (bicyclic) bond motifs is 1. The Hall–Kier alpha value is -3.89. The van der Waals surface area contributed by atoms with E-state index in [9.17, 15) is 33.1 Å². The van der Waals surface area contributed by atoms with E-state index in [0.717, 1.165) is 0 Å². The van der Waals surface area contributed by atoms with Gasteiger partial charge in [0.2, 0.25) is 0 Å². The number of nitrogens with zero attached hydrogens (tertiary/aromatic N) is 3. The Morgan fingerprint density at radius 3 is 2.49 bits per heavy atom. The largest absolute Gasteiger partial charge is 0.463 e. The average molecular weight is 604 g/mol. The lowest BCUT2D eigenvalue weighted by atomic mass is 9.71. The minimum absolute atomic E-state index is 0.0265. The number of H-pyrrole nitrogens is 1. The third-order valence-corrected chi connectivity index (χ3v) is 7.77. The zero-order valence-electron chi connectivity index (χ0n) is 24.7. The van der Waals surface area contributed by atoms with Crippen LogP contribution in [0.15, 0.2) is 41.3 Å². The van der Waals surface area contributed by atoms with Crippen molar-refractivity contribution < 1.29 is 32.5 Å². The highest BCUT2D eigenvalue weighted by atomic mass is 19.4. The number of rotatable bonds is 8. The predicted octanol–water partition coefficient (Wildman–Crippen LogP) is 5.25. The first kappa shape index (κ1) is 32.0. The van der Waals surface area contributed by atoms with Crippen LogP contribution in [0.4, 0.5) is 24.7 Å². The monoisotopic (exact) mass is 603 g/mol. The fourth-order valence-electron chi connectivity index (χ4n) is 5.35. The number of aromatic amines is 1. The fraction of sp³-hybridized carbons (Fsp3) is 0.533. The molecule has 1 aromatic carbocycles. The number of aromatic nitrogens is 3. The lowest BCUT2D eigenvalue weighted by Gasteiger charge is -2.41. The Kier molecular flexibility index (Phi) is 8.68.